The minimum Gasteiger partial charge on any atom is -0.481 e. The summed E-state index contributed by atoms with van der Waals surface area (Å²) >= 11 is 3.22. The number of hydrogen-bond acceptors (Lipinski definition) is 1. The summed E-state index contributed by atoms with van der Waals surface area (Å²) in [6.07, 6.45) is 3.60. The summed E-state index contributed by atoms with van der Waals surface area (Å²) < 4.78 is 13.9. The Hall–Kier alpha value is -0.900. The van der Waals surface area contributed by atoms with E-state index in [2.05, 4.69) is 22.9 Å². The van der Waals surface area contributed by atoms with Crippen LogP contribution in [0.2, 0.25) is 0 Å². The van der Waals surface area contributed by atoms with E-state index in [4.69, 9.17) is 0 Å². The molecular formula is C15H18BrFO2. The SMILES string of the molecule is CC1CCC(Cc2cccc(F)c2Br)(C(=O)O)CC1. The summed E-state index contributed by atoms with van der Waals surface area (Å²) in [5.41, 5.74) is 0.0139. The minimum absolute atomic E-state index is 0.331. The van der Waals surface area contributed by atoms with Crippen LogP contribution >= 0.6 is 15.9 Å². The second-order valence-corrected chi connectivity index (χ2v) is 6.45. The van der Waals surface area contributed by atoms with Crippen molar-refractivity contribution in [3.63, 3.8) is 0 Å². The highest BCUT2D eigenvalue weighted by Gasteiger charge is 2.41. The number of carboxylic acids is 1. The Morgan fingerprint density at radius 1 is 1.47 bits per heavy atom. The number of halogens is 2. The molecule has 0 aromatic heterocycles. The van der Waals surface area contributed by atoms with Crippen LogP contribution in [0.4, 0.5) is 4.39 Å². The maximum atomic E-state index is 13.5. The molecule has 0 amide bonds. The quantitative estimate of drug-likeness (QED) is 0.892. The summed E-state index contributed by atoms with van der Waals surface area (Å²) in [6.45, 7) is 2.16. The lowest BCUT2D eigenvalue weighted by Crippen LogP contribution is -2.37. The molecule has 104 valence electrons. The summed E-state index contributed by atoms with van der Waals surface area (Å²) in [4.78, 5) is 11.7. The van der Waals surface area contributed by atoms with E-state index in [1.807, 2.05) is 0 Å². The Morgan fingerprint density at radius 2 is 2.11 bits per heavy atom. The molecule has 0 spiro atoms. The van der Waals surface area contributed by atoms with E-state index in [0.29, 0.717) is 29.7 Å². The van der Waals surface area contributed by atoms with Crippen molar-refractivity contribution in [2.45, 2.75) is 39.0 Å². The molecule has 1 aliphatic rings. The molecule has 2 nitrogen and oxygen atoms in total. The first-order valence-electron chi connectivity index (χ1n) is 6.61. The maximum absolute atomic E-state index is 13.5. The molecule has 0 atom stereocenters. The minimum atomic E-state index is -0.754. The summed E-state index contributed by atoms with van der Waals surface area (Å²) in [6, 6.07) is 4.82. The molecule has 1 aromatic rings. The molecule has 1 fully saturated rings. The molecule has 1 saturated carbocycles. The van der Waals surface area contributed by atoms with Gasteiger partial charge in [0.25, 0.3) is 0 Å². The van der Waals surface area contributed by atoms with E-state index in [1.165, 1.54) is 6.07 Å². The first kappa shape index (κ1) is 14.5. The van der Waals surface area contributed by atoms with Crippen molar-refractivity contribution in [2.24, 2.45) is 11.3 Å². The third kappa shape index (κ3) is 2.99. The molecule has 0 heterocycles. The third-order valence-corrected chi connectivity index (χ3v) is 5.13. The van der Waals surface area contributed by atoms with Crippen molar-refractivity contribution in [1.29, 1.82) is 0 Å². The number of carboxylic acid groups (broad SMARTS) is 1. The zero-order valence-corrected chi connectivity index (χ0v) is 12.5. The predicted octanol–water partition coefficient (Wildman–Crippen LogP) is 4.41. The van der Waals surface area contributed by atoms with Crippen LogP contribution in [0.3, 0.4) is 0 Å². The van der Waals surface area contributed by atoms with Gasteiger partial charge >= 0.3 is 5.97 Å². The highest BCUT2D eigenvalue weighted by molar-refractivity contribution is 9.10. The van der Waals surface area contributed by atoms with Crippen LogP contribution in [0.25, 0.3) is 0 Å². The van der Waals surface area contributed by atoms with Crippen LogP contribution in [0.5, 0.6) is 0 Å². The van der Waals surface area contributed by atoms with Crippen molar-refractivity contribution < 1.29 is 14.3 Å². The van der Waals surface area contributed by atoms with Gasteiger partial charge in [0.05, 0.1) is 9.89 Å². The zero-order chi connectivity index (χ0) is 14.0. The van der Waals surface area contributed by atoms with Crippen LogP contribution in [-0.4, -0.2) is 11.1 Å². The van der Waals surface area contributed by atoms with E-state index in [9.17, 15) is 14.3 Å². The average molecular weight is 329 g/mol. The lowest BCUT2D eigenvalue weighted by Gasteiger charge is -2.36. The van der Waals surface area contributed by atoms with Crippen LogP contribution in [0, 0.1) is 17.2 Å². The molecule has 0 saturated heterocycles. The highest BCUT2D eigenvalue weighted by Crippen LogP contribution is 2.42. The molecule has 1 N–H and O–H groups in total. The van der Waals surface area contributed by atoms with E-state index >= 15 is 0 Å². The fourth-order valence-electron chi connectivity index (χ4n) is 2.83. The average Bonchev–Trinajstić information content (AvgIpc) is 2.37. The van der Waals surface area contributed by atoms with Crippen molar-refractivity contribution >= 4 is 21.9 Å². The summed E-state index contributed by atoms with van der Waals surface area (Å²) in [5.74, 6) is -0.499. The van der Waals surface area contributed by atoms with Crippen molar-refractivity contribution in [2.75, 3.05) is 0 Å². The number of benzene rings is 1. The molecule has 1 aliphatic carbocycles. The summed E-state index contributed by atoms with van der Waals surface area (Å²) in [7, 11) is 0. The van der Waals surface area contributed by atoms with E-state index in [0.717, 1.165) is 18.4 Å². The first-order valence-corrected chi connectivity index (χ1v) is 7.40. The summed E-state index contributed by atoms with van der Waals surface area (Å²) in [5, 5.41) is 9.59. The van der Waals surface area contributed by atoms with Crippen molar-refractivity contribution in [3.8, 4) is 0 Å². The number of carbonyl (C=O) groups is 1. The third-order valence-electron chi connectivity index (χ3n) is 4.25. The van der Waals surface area contributed by atoms with Gasteiger partial charge in [-0.1, -0.05) is 19.1 Å². The van der Waals surface area contributed by atoms with Gasteiger partial charge in [0, 0.05) is 0 Å². The molecular weight excluding hydrogens is 311 g/mol. The van der Waals surface area contributed by atoms with Gasteiger partial charge in [-0.2, -0.15) is 0 Å². The Kier molecular flexibility index (Phi) is 4.29. The van der Waals surface area contributed by atoms with Gasteiger partial charge < -0.3 is 5.11 Å². The van der Waals surface area contributed by atoms with Gasteiger partial charge in [-0.15, -0.1) is 0 Å². The van der Waals surface area contributed by atoms with Crippen LogP contribution in [0.15, 0.2) is 22.7 Å². The zero-order valence-electron chi connectivity index (χ0n) is 11.0. The van der Waals surface area contributed by atoms with Gasteiger partial charge in [-0.3, -0.25) is 4.79 Å². The van der Waals surface area contributed by atoms with E-state index in [-0.39, 0.29) is 5.82 Å². The fourth-order valence-corrected chi connectivity index (χ4v) is 3.24. The lowest BCUT2D eigenvalue weighted by molar-refractivity contribution is -0.151. The normalized spacial score (nSPS) is 27.2. The smallest absolute Gasteiger partial charge is 0.309 e. The maximum Gasteiger partial charge on any atom is 0.309 e. The largest absolute Gasteiger partial charge is 0.481 e. The molecule has 2 rings (SSSR count). The van der Waals surface area contributed by atoms with Gasteiger partial charge in [-0.05, 0) is 65.6 Å². The van der Waals surface area contributed by atoms with Crippen molar-refractivity contribution in [1.82, 2.24) is 0 Å². The molecule has 19 heavy (non-hydrogen) atoms. The van der Waals surface area contributed by atoms with Gasteiger partial charge in [-0.25, -0.2) is 4.39 Å². The van der Waals surface area contributed by atoms with Crippen molar-refractivity contribution in [3.05, 3.63) is 34.1 Å². The Labute approximate surface area is 121 Å². The lowest BCUT2D eigenvalue weighted by atomic mass is 9.68. The fraction of sp³-hybridized carbons (Fsp3) is 0.533. The number of hydrogen-bond donors (Lipinski definition) is 1. The standard InChI is InChI=1S/C15H18BrFO2/c1-10-5-7-15(8-6-10,14(18)19)9-11-3-2-4-12(17)13(11)16/h2-4,10H,5-9H2,1H3,(H,18,19). The number of aliphatic carboxylic acids is 1. The molecule has 0 radical (unpaired) electrons. The molecule has 0 aliphatic heterocycles. The molecule has 4 heteroatoms. The monoisotopic (exact) mass is 328 g/mol. The van der Waals surface area contributed by atoms with Gasteiger partial charge in [0.1, 0.15) is 5.82 Å². The number of rotatable bonds is 3. The highest BCUT2D eigenvalue weighted by atomic mass is 79.9. The first-order chi connectivity index (χ1) is 8.94. The topological polar surface area (TPSA) is 37.3 Å². The van der Waals surface area contributed by atoms with Crippen LogP contribution in [0.1, 0.15) is 38.2 Å². The molecule has 0 bridgehead atoms. The Balaban J connectivity index is 2.27. The van der Waals surface area contributed by atoms with Crippen LogP contribution in [-0.2, 0) is 11.2 Å². The second-order valence-electron chi connectivity index (χ2n) is 5.66. The Bertz CT molecular complexity index is 479. The van der Waals surface area contributed by atoms with E-state index < -0.39 is 11.4 Å². The Morgan fingerprint density at radius 3 is 2.68 bits per heavy atom. The molecule has 0 unspecified atom stereocenters. The van der Waals surface area contributed by atoms with Gasteiger partial charge in [0.2, 0.25) is 0 Å². The molecule has 1 aromatic carbocycles. The van der Waals surface area contributed by atoms with Crippen LogP contribution < -0.4 is 0 Å². The predicted molar refractivity (Wildman–Crippen MR) is 75.5 cm³/mol. The second kappa shape index (κ2) is 5.61. The van der Waals surface area contributed by atoms with E-state index in [1.54, 1.807) is 12.1 Å². The van der Waals surface area contributed by atoms with Gasteiger partial charge in [0.15, 0.2) is 0 Å².